The fraction of sp³-hybridized carbons (Fsp3) is 0.588. The van der Waals surface area contributed by atoms with Crippen LogP contribution < -0.4 is 10.2 Å². The van der Waals surface area contributed by atoms with Gasteiger partial charge < -0.3 is 19.9 Å². The number of nitrogens with one attached hydrogen (secondary N) is 1. The highest BCUT2D eigenvalue weighted by Crippen LogP contribution is 2.26. The van der Waals surface area contributed by atoms with Crippen LogP contribution in [0, 0.1) is 0 Å². The van der Waals surface area contributed by atoms with Gasteiger partial charge in [-0.05, 0) is 12.8 Å². The van der Waals surface area contributed by atoms with E-state index in [-0.39, 0.29) is 12.0 Å². The van der Waals surface area contributed by atoms with Crippen LogP contribution in [-0.2, 0) is 9.53 Å². The maximum atomic E-state index is 12.5. The van der Waals surface area contributed by atoms with E-state index in [1.807, 2.05) is 4.90 Å². The Morgan fingerprint density at radius 2 is 2.18 bits per heavy atom. The van der Waals surface area contributed by atoms with Gasteiger partial charge in [-0.1, -0.05) is 23.1 Å². The lowest BCUT2D eigenvalue weighted by Crippen LogP contribution is -2.49. The number of rotatable bonds is 7. The first-order valence-electron chi connectivity index (χ1n) is 9.38. The molecule has 2 aliphatic rings. The third-order valence-electron chi connectivity index (χ3n) is 4.74. The van der Waals surface area contributed by atoms with Crippen molar-refractivity contribution in [2.24, 2.45) is 0 Å². The number of piperazine rings is 1. The van der Waals surface area contributed by atoms with Crippen LogP contribution >= 0.6 is 23.1 Å². The molecule has 1 unspecified atom stereocenters. The van der Waals surface area contributed by atoms with Crippen molar-refractivity contribution in [2.45, 2.75) is 23.3 Å². The molecule has 1 amide bonds. The summed E-state index contributed by atoms with van der Waals surface area (Å²) < 4.78 is 6.40. The van der Waals surface area contributed by atoms with E-state index in [1.54, 1.807) is 18.6 Å². The molecule has 4 rings (SSSR count). The highest BCUT2D eigenvalue weighted by atomic mass is 32.2. The summed E-state index contributed by atoms with van der Waals surface area (Å²) in [6.45, 7) is 4.53. The van der Waals surface area contributed by atoms with Crippen LogP contribution in [0.4, 0.5) is 10.9 Å². The molecule has 2 aromatic heterocycles. The van der Waals surface area contributed by atoms with Crippen molar-refractivity contribution in [3.8, 4) is 0 Å². The van der Waals surface area contributed by atoms with Crippen molar-refractivity contribution < 1.29 is 9.53 Å². The molecule has 2 aliphatic heterocycles. The van der Waals surface area contributed by atoms with E-state index in [4.69, 9.17) is 4.74 Å². The first-order valence-corrected chi connectivity index (χ1v) is 11.2. The Kier molecular flexibility index (Phi) is 6.55. The topological polar surface area (TPSA) is 96.4 Å². The summed E-state index contributed by atoms with van der Waals surface area (Å²) in [7, 11) is 0. The van der Waals surface area contributed by atoms with Crippen LogP contribution in [0.2, 0.25) is 0 Å². The molecule has 1 atom stereocenters. The third-order valence-corrected chi connectivity index (χ3v) is 6.74. The van der Waals surface area contributed by atoms with Crippen LogP contribution in [0.25, 0.3) is 0 Å². The standard InChI is InChI=1S/C17H23N7O2S2/c25-15(24-7-5-23(6-8-24)14-11-18-3-4-19-14)12-27-17-22-21-16(28-17)20-10-13-2-1-9-26-13/h3-4,11,13H,1-2,5-10,12H2,(H,20,21). The van der Waals surface area contributed by atoms with Crippen molar-refractivity contribution in [2.75, 3.05) is 55.3 Å². The third kappa shape index (κ3) is 5.09. The number of anilines is 2. The Hall–Kier alpha value is -1.98. The van der Waals surface area contributed by atoms with Crippen molar-refractivity contribution in [1.29, 1.82) is 0 Å². The van der Waals surface area contributed by atoms with Crippen LogP contribution in [0.3, 0.4) is 0 Å². The first kappa shape index (κ1) is 19.3. The summed E-state index contributed by atoms with van der Waals surface area (Å²) in [5.41, 5.74) is 0. The van der Waals surface area contributed by atoms with Crippen molar-refractivity contribution in [3.05, 3.63) is 18.6 Å². The number of aromatic nitrogens is 4. The van der Waals surface area contributed by atoms with Crippen LogP contribution in [0.15, 0.2) is 22.9 Å². The fourth-order valence-corrected chi connectivity index (χ4v) is 4.86. The van der Waals surface area contributed by atoms with E-state index in [9.17, 15) is 4.79 Å². The number of hydrogen-bond donors (Lipinski definition) is 1. The molecule has 11 heteroatoms. The molecular formula is C17H23N7O2S2. The number of carbonyl (C=O) groups is 1. The van der Waals surface area contributed by atoms with Crippen LogP contribution in [-0.4, -0.2) is 82.2 Å². The number of ether oxygens (including phenoxy) is 1. The normalized spacial score (nSPS) is 19.8. The maximum absolute atomic E-state index is 12.5. The second-order valence-electron chi connectivity index (χ2n) is 6.61. The molecular weight excluding hydrogens is 398 g/mol. The smallest absolute Gasteiger partial charge is 0.233 e. The van der Waals surface area contributed by atoms with Gasteiger partial charge in [0.05, 0.1) is 18.1 Å². The summed E-state index contributed by atoms with van der Waals surface area (Å²) in [4.78, 5) is 25.0. The van der Waals surface area contributed by atoms with Gasteiger partial charge in [0, 0.05) is 51.7 Å². The lowest BCUT2D eigenvalue weighted by Gasteiger charge is -2.35. The zero-order chi connectivity index (χ0) is 19.2. The Bertz CT molecular complexity index is 762. The first-order chi connectivity index (χ1) is 13.8. The fourth-order valence-electron chi connectivity index (χ4n) is 3.20. The second-order valence-corrected chi connectivity index (χ2v) is 8.81. The quantitative estimate of drug-likeness (QED) is 0.665. The SMILES string of the molecule is O=C(CSc1nnc(NCC2CCCO2)s1)N1CCN(c2cnccn2)CC1. The number of hydrogen-bond acceptors (Lipinski definition) is 10. The van der Waals surface area contributed by atoms with Gasteiger partial charge in [-0.15, -0.1) is 10.2 Å². The molecule has 0 aliphatic carbocycles. The molecule has 4 heterocycles. The largest absolute Gasteiger partial charge is 0.376 e. The van der Waals surface area contributed by atoms with Gasteiger partial charge in [0.2, 0.25) is 11.0 Å². The zero-order valence-electron chi connectivity index (χ0n) is 15.5. The van der Waals surface area contributed by atoms with Gasteiger partial charge in [-0.2, -0.15) is 0 Å². The number of thioether (sulfide) groups is 1. The van der Waals surface area contributed by atoms with Crippen molar-refractivity contribution in [3.63, 3.8) is 0 Å². The molecule has 1 N–H and O–H groups in total. The average molecular weight is 422 g/mol. The highest BCUT2D eigenvalue weighted by molar-refractivity contribution is 8.01. The zero-order valence-corrected chi connectivity index (χ0v) is 17.1. The maximum Gasteiger partial charge on any atom is 0.233 e. The van der Waals surface area contributed by atoms with E-state index in [0.717, 1.165) is 54.4 Å². The Balaban J connectivity index is 1.18. The number of carbonyl (C=O) groups excluding carboxylic acids is 1. The Morgan fingerprint density at radius 3 is 2.93 bits per heavy atom. The van der Waals surface area contributed by atoms with Gasteiger partial charge in [-0.3, -0.25) is 9.78 Å². The van der Waals surface area contributed by atoms with Gasteiger partial charge in [0.25, 0.3) is 0 Å². The predicted octanol–water partition coefficient (Wildman–Crippen LogP) is 1.36. The van der Waals surface area contributed by atoms with Crippen LogP contribution in [0.5, 0.6) is 0 Å². The molecule has 2 aromatic rings. The molecule has 0 aromatic carbocycles. The minimum absolute atomic E-state index is 0.132. The summed E-state index contributed by atoms with van der Waals surface area (Å²) in [6.07, 6.45) is 7.59. The van der Waals surface area contributed by atoms with E-state index in [0.29, 0.717) is 18.8 Å². The minimum Gasteiger partial charge on any atom is -0.376 e. The van der Waals surface area contributed by atoms with Gasteiger partial charge in [0.1, 0.15) is 5.82 Å². The Morgan fingerprint density at radius 1 is 1.29 bits per heavy atom. The summed E-state index contributed by atoms with van der Waals surface area (Å²) in [5, 5.41) is 12.4. The molecule has 2 saturated heterocycles. The number of amides is 1. The molecule has 0 saturated carbocycles. The molecule has 2 fully saturated rings. The highest BCUT2D eigenvalue weighted by Gasteiger charge is 2.22. The average Bonchev–Trinajstić information content (AvgIpc) is 3.43. The minimum atomic E-state index is 0.132. The Labute approximate surface area is 171 Å². The molecule has 150 valence electrons. The molecule has 0 bridgehead atoms. The second kappa shape index (κ2) is 9.48. The summed E-state index contributed by atoms with van der Waals surface area (Å²) in [6, 6.07) is 0. The molecule has 28 heavy (non-hydrogen) atoms. The van der Waals surface area contributed by atoms with Gasteiger partial charge in [0.15, 0.2) is 4.34 Å². The lowest BCUT2D eigenvalue weighted by molar-refractivity contribution is -0.128. The van der Waals surface area contributed by atoms with E-state index >= 15 is 0 Å². The lowest BCUT2D eigenvalue weighted by atomic mass is 10.2. The summed E-state index contributed by atoms with van der Waals surface area (Å²) >= 11 is 2.93. The predicted molar refractivity (Wildman–Crippen MR) is 109 cm³/mol. The molecule has 0 radical (unpaired) electrons. The summed E-state index contributed by atoms with van der Waals surface area (Å²) in [5.74, 6) is 1.37. The van der Waals surface area contributed by atoms with Gasteiger partial charge >= 0.3 is 0 Å². The van der Waals surface area contributed by atoms with E-state index < -0.39 is 0 Å². The van der Waals surface area contributed by atoms with Gasteiger partial charge in [-0.25, -0.2) is 4.98 Å². The molecule has 0 spiro atoms. The van der Waals surface area contributed by atoms with Crippen LogP contribution in [0.1, 0.15) is 12.8 Å². The number of nitrogens with zero attached hydrogens (tertiary/aromatic N) is 6. The monoisotopic (exact) mass is 421 g/mol. The van der Waals surface area contributed by atoms with E-state index in [2.05, 4.69) is 30.4 Å². The molecule has 9 nitrogen and oxygen atoms in total. The van der Waals surface area contributed by atoms with E-state index in [1.165, 1.54) is 23.1 Å². The van der Waals surface area contributed by atoms with Crippen molar-refractivity contribution >= 4 is 40.0 Å². The van der Waals surface area contributed by atoms with Crippen molar-refractivity contribution in [1.82, 2.24) is 25.1 Å².